The number of hydrogen-bond donors (Lipinski definition) is 1. The molecule has 5 nitrogen and oxygen atoms in total. The predicted octanol–water partition coefficient (Wildman–Crippen LogP) is 2.23. The summed E-state index contributed by atoms with van der Waals surface area (Å²) in [6.07, 6.45) is 5.08. The van der Waals surface area contributed by atoms with Crippen molar-refractivity contribution >= 4 is 24.4 Å². The molecule has 0 saturated carbocycles. The van der Waals surface area contributed by atoms with Gasteiger partial charge in [-0.2, -0.15) is 0 Å². The summed E-state index contributed by atoms with van der Waals surface area (Å²) in [5, 5.41) is 0. The van der Waals surface area contributed by atoms with Crippen molar-refractivity contribution in [3.8, 4) is 11.5 Å². The minimum atomic E-state index is 0. The molecule has 0 bridgehead atoms. The van der Waals surface area contributed by atoms with Crippen molar-refractivity contribution in [1.29, 1.82) is 0 Å². The van der Waals surface area contributed by atoms with Crippen LogP contribution in [0.4, 0.5) is 0 Å². The second kappa shape index (κ2) is 7.70. The third-order valence-corrected chi connectivity index (χ3v) is 4.36. The van der Waals surface area contributed by atoms with Gasteiger partial charge in [0, 0.05) is 24.7 Å². The predicted molar refractivity (Wildman–Crippen MR) is 92.1 cm³/mol. The minimum Gasteiger partial charge on any atom is -0.497 e. The quantitative estimate of drug-likeness (QED) is 0.918. The number of fused-ring (bicyclic) bond motifs is 1. The maximum Gasteiger partial charge on any atom is 0.253 e. The van der Waals surface area contributed by atoms with Crippen LogP contribution in [0.2, 0.25) is 0 Å². The molecule has 1 aromatic rings. The Morgan fingerprint density at radius 2 is 2.26 bits per heavy atom. The molecule has 2 aliphatic rings. The molecular formula is C17H23ClN2O3. The maximum atomic E-state index is 12.8. The van der Waals surface area contributed by atoms with Crippen molar-refractivity contribution in [1.82, 2.24) is 4.90 Å². The van der Waals surface area contributed by atoms with Crippen molar-refractivity contribution in [2.24, 2.45) is 5.73 Å². The first-order valence-corrected chi connectivity index (χ1v) is 7.75. The Morgan fingerprint density at radius 1 is 1.43 bits per heavy atom. The lowest BCUT2D eigenvalue weighted by Gasteiger charge is -2.36. The summed E-state index contributed by atoms with van der Waals surface area (Å²) in [7, 11) is 1.63. The molecule has 0 radical (unpaired) electrons. The average Bonchev–Trinajstić information content (AvgIpc) is 2.60. The number of benzene rings is 1. The molecule has 1 atom stereocenters. The Bertz CT molecular complexity index is 604. The topological polar surface area (TPSA) is 64.8 Å². The van der Waals surface area contributed by atoms with Crippen LogP contribution in [0.25, 0.3) is 6.08 Å². The van der Waals surface area contributed by atoms with Crippen LogP contribution < -0.4 is 15.2 Å². The number of nitrogens with two attached hydrogens (primary N) is 1. The third kappa shape index (κ3) is 3.62. The van der Waals surface area contributed by atoms with Crippen LogP contribution in [0.5, 0.6) is 11.5 Å². The van der Waals surface area contributed by atoms with Crippen LogP contribution in [0.15, 0.2) is 23.8 Å². The van der Waals surface area contributed by atoms with Crippen molar-refractivity contribution in [2.75, 3.05) is 26.8 Å². The van der Waals surface area contributed by atoms with Crippen molar-refractivity contribution < 1.29 is 14.3 Å². The van der Waals surface area contributed by atoms with Gasteiger partial charge in [0.25, 0.3) is 5.91 Å². The second-order valence-corrected chi connectivity index (χ2v) is 5.75. The minimum absolute atomic E-state index is 0. The van der Waals surface area contributed by atoms with E-state index in [0.717, 1.165) is 42.9 Å². The number of carbonyl (C=O) groups is 1. The van der Waals surface area contributed by atoms with E-state index in [9.17, 15) is 4.79 Å². The lowest BCUT2D eigenvalue weighted by molar-refractivity contribution is -0.130. The summed E-state index contributed by atoms with van der Waals surface area (Å²) in [4.78, 5) is 14.7. The highest BCUT2D eigenvalue weighted by Crippen LogP contribution is 2.31. The van der Waals surface area contributed by atoms with Gasteiger partial charge >= 0.3 is 0 Å². The summed E-state index contributed by atoms with van der Waals surface area (Å²) >= 11 is 0. The van der Waals surface area contributed by atoms with Crippen LogP contribution in [0.1, 0.15) is 24.8 Å². The highest BCUT2D eigenvalue weighted by Gasteiger charge is 2.29. The van der Waals surface area contributed by atoms with Gasteiger partial charge < -0.3 is 20.1 Å². The number of likely N-dealkylation sites (tertiary alicyclic amines) is 1. The van der Waals surface area contributed by atoms with Crippen molar-refractivity contribution in [2.45, 2.75) is 25.3 Å². The molecule has 0 aromatic heterocycles. The van der Waals surface area contributed by atoms with E-state index in [-0.39, 0.29) is 24.4 Å². The SMILES string of the molecule is COc1ccc2c(c1)C=C(C(=O)N1CCCCC1CN)CO2.Cl. The Labute approximate surface area is 142 Å². The molecule has 2 N–H and O–H groups in total. The summed E-state index contributed by atoms with van der Waals surface area (Å²) in [5.74, 6) is 1.58. The molecule has 1 unspecified atom stereocenters. The van der Waals surface area contributed by atoms with Gasteiger partial charge in [-0.3, -0.25) is 4.79 Å². The summed E-state index contributed by atoms with van der Waals surface area (Å²) in [5.41, 5.74) is 7.38. The van der Waals surface area contributed by atoms with E-state index >= 15 is 0 Å². The van der Waals surface area contributed by atoms with Crippen LogP contribution in [0.3, 0.4) is 0 Å². The van der Waals surface area contributed by atoms with Gasteiger partial charge in [-0.25, -0.2) is 0 Å². The standard InChI is InChI=1S/C17H22N2O3.ClH/c1-21-15-5-6-16-12(9-15)8-13(11-22-16)17(20)19-7-3-2-4-14(19)10-18;/h5-6,8-9,14H,2-4,7,10-11,18H2,1H3;1H. The Kier molecular flexibility index (Phi) is 5.91. The number of nitrogens with zero attached hydrogens (tertiary/aromatic N) is 1. The molecule has 6 heteroatoms. The normalized spacial score (nSPS) is 19.8. The number of piperidine rings is 1. The van der Waals surface area contributed by atoms with Gasteiger partial charge in [-0.15, -0.1) is 12.4 Å². The molecule has 2 heterocycles. The zero-order chi connectivity index (χ0) is 15.5. The van der Waals surface area contributed by atoms with Crippen molar-refractivity contribution in [3.05, 3.63) is 29.3 Å². The Balaban J connectivity index is 0.00000192. The molecule has 0 aliphatic carbocycles. The lowest BCUT2D eigenvalue weighted by atomic mass is 9.99. The summed E-state index contributed by atoms with van der Waals surface area (Å²) in [6.45, 7) is 1.61. The monoisotopic (exact) mass is 338 g/mol. The molecule has 1 saturated heterocycles. The zero-order valence-corrected chi connectivity index (χ0v) is 14.1. The fraction of sp³-hybridized carbons (Fsp3) is 0.471. The number of hydrogen-bond acceptors (Lipinski definition) is 4. The number of methoxy groups -OCH3 is 1. The smallest absolute Gasteiger partial charge is 0.253 e. The molecule has 23 heavy (non-hydrogen) atoms. The molecule has 0 spiro atoms. The van der Waals surface area contributed by atoms with E-state index in [2.05, 4.69) is 0 Å². The van der Waals surface area contributed by atoms with E-state index in [0.29, 0.717) is 18.7 Å². The molecule has 2 aliphatic heterocycles. The van der Waals surface area contributed by atoms with Gasteiger partial charge in [0.2, 0.25) is 0 Å². The van der Waals surface area contributed by atoms with Crippen molar-refractivity contribution in [3.63, 3.8) is 0 Å². The number of rotatable bonds is 3. The Morgan fingerprint density at radius 3 is 3.00 bits per heavy atom. The molecule has 1 fully saturated rings. The van der Waals surface area contributed by atoms with E-state index < -0.39 is 0 Å². The molecule has 1 aromatic carbocycles. The molecule has 1 amide bonds. The third-order valence-electron chi connectivity index (χ3n) is 4.36. The first kappa shape index (κ1) is 17.6. The highest BCUT2D eigenvalue weighted by molar-refractivity contribution is 5.99. The van der Waals surface area contributed by atoms with E-state index in [1.807, 2.05) is 29.2 Å². The fourth-order valence-corrected chi connectivity index (χ4v) is 3.10. The van der Waals surface area contributed by atoms with Crippen LogP contribution in [-0.4, -0.2) is 43.7 Å². The first-order valence-electron chi connectivity index (χ1n) is 7.75. The lowest BCUT2D eigenvalue weighted by Crippen LogP contribution is -2.48. The van der Waals surface area contributed by atoms with Gasteiger partial charge in [0.05, 0.1) is 12.7 Å². The highest BCUT2D eigenvalue weighted by atomic mass is 35.5. The summed E-state index contributed by atoms with van der Waals surface area (Å²) < 4.78 is 10.9. The van der Waals surface area contributed by atoms with Gasteiger partial charge in [0.15, 0.2) is 0 Å². The second-order valence-electron chi connectivity index (χ2n) is 5.75. The molecular weight excluding hydrogens is 316 g/mol. The zero-order valence-electron chi connectivity index (χ0n) is 13.3. The number of halogens is 1. The van der Waals surface area contributed by atoms with Crippen LogP contribution >= 0.6 is 12.4 Å². The Hall–Kier alpha value is -1.72. The van der Waals surface area contributed by atoms with Gasteiger partial charge in [-0.1, -0.05) is 0 Å². The van der Waals surface area contributed by atoms with E-state index in [1.54, 1.807) is 7.11 Å². The van der Waals surface area contributed by atoms with Gasteiger partial charge in [0.1, 0.15) is 18.1 Å². The number of carbonyl (C=O) groups excluding carboxylic acids is 1. The van der Waals surface area contributed by atoms with Crippen LogP contribution in [0, 0.1) is 0 Å². The fourth-order valence-electron chi connectivity index (χ4n) is 3.10. The summed E-state index contributed by atoms with van der Waals surface area (Å²) in [6, 6.07) is 5.76. The first-order chi connectivity index (χ1) is 10.7. The largest absolute Gasteiger partial charge is 0.497 e. The maximum absolute atomic E-state index is 12.8. The van der Waals surface area contributed by atoms with Crippen LogP contribution in [-0.2, 0) is 4.79 Å². The van der Waals surface area contributed by atoms with E-state index in [1.165, 1.54) is 0 Å². The number of ether oxygens (including phenoxy) is 2. The van der Waals surface area contributed by atoms with Gasteiger partial charge in [-0.05, 0) is 43.5 Å². The molecule has 126 valence electrons. The average molecular weight is 339 g/mol. The van der Waals surface area contributed by atoms with E-state index in [4.69, 9.17) is 15.2 Å². The number of amides is 1. The molecule has 3 rings (SSSR count).